The average Bonchev–Trinajstić information content (AvgIpc) is 2.58. The molecule has 0 atom stereocenters. The third-order valence-electron chi connectivity index (χ3n) is 4.05. The molecule has 1 fully saturated rings. The molecule has 3 rings (SSSR count). The highest BCUT2D eigenvalue weighted by Crippen LogP contribution is 2.09. The lowest BCUT2D eigenvalue weighted by atomic mass is 10.2. The molecule has 2 aromatic rings. The number of pyridine rings is 1. The van der Waals surface area contributed by atoms with Crippen LogP contribution in [0.3, 0.4) is 0 Å². The van der Waals surface area contributed by atoms with Gasteiger partial charge in [-0.2, -0.15) is 0 Å². The fourth-order valence-electron chi connectivity index (χ4n) is 2.77. The number of rotatable bonds is 3. The number of nitrogens with zero attached hydrogens (tertiary/aromatic N) is 2. The maximum Gasteiger partial charge on any atom is 0.254 e. The summed E-state index contributed by atoms with van der Waals surface area (Å²) in [5.74, 6) is 0.105. The van der Waals surface area contributed by atoms with E-state index >= 15 is 0 Å². The number of aromatic nitrogens is 1. The van der Waals surface area contributed by atoms with Gasteiger partial charge in [0.2, 0.25) is 0 Å². The Kier molecular flexibility index (Phi) is 4.71. The van der Waals surface area contributed by atoms with Crippen LogP contribution < -0.4 is 4.90 Å². The van der Waals surface area contributed by atoms with Crippen molar-refractivity contribution < 1.29 is 9.69 Å². The van der Waals surface area contributed by atoms with E-state index in [1.807, 2.05) is 17.0 Å². The third kappa shape index (κ3) is 3.64. The molecule has 5 heteroatoms. The van der Waals surface area contributed by atoms with Gasteiger partial charge in [-0.3, -0.25) is 9.78 Å². The van der Waals surface area contributed by atoms with Crippen LogP contribution in [-0.4, -0.2) is 42.0 Å². The number of carbonyl (C=O) groups is 1. The largest absolute Gasteiger partial charge is 0.328 e. The maximum atomic E-state index is 12.4. The predicted octanol–water partition coefficient (Wildman–Crippen LogP) is 1.28. The van der Waals surface area contributed by atoms with Gasteiger partial charge in [0.25, 0.3) is 5.91 Å². The molecule has 4 nitrogen and oxygen atoms in total. The Bertz CT molecular complexity index is 622. The van der Waals surface area contributed by atoms with Crippen molar-refractivity contribution in [1.29, 1.82) is 0 Å². The Morgan fingerprint density at radius 3 is 2.36 bits per heavy atom. The zero-order chi connectivity index (χ0) is 15.4. The summed E-state index contributed by atoms with van der Waals surface area (Å²) in [5, 5.41) is 0.770. The molecule has 1 aliphatic rings. The van der Waals surface area contributed by atoms with Gasteiger partial charge < -0.3 is 9.80 Å². The van der Waals surface area contributed by atoms with E-state index in [9.17, 15) is 4.79 Å². The molecule has 1 N–H and O–H groups in total. The first-order chi connectivity index (χ1) is 10.7. The molecule has 1 aromatic carbocycles. The van der Waals surface area contributed by atoms with E-state index in [1.165, 1.54) is 10.5 Å². The number of hydrogen-bond acceptors (Lipinski definition) is 2. The second kappa shape index (κ2) is 6.90. The van der Waals surface area contributed by atoms with E-state index in [2.05, 4.69) is 17.1 Å². The van der Waals surface area contributed by atoms with Crippen LogP contribution in [0.4, 0.5) is 0 Å². The Morgan fingerprint density at radius 2 is 1.73 bits per heavy atom. The minimum Gasteiger partial charge on any atom is -0.328 e. The Labute approximate surface area is 135 Å². The minimum atomic E-state index is 0.105. The van der Waals surface area contributed by atoms with Gasteiger partial charge in [0.15, 0.2) is 0 Å². The van der Waals surface area contributed by atoms with E-state index in [1.54, 1.807) is 24.5 Å². The van der Waals surface area contributed by atoms with E-state index in [4.69, 9.17) is 11.6 Å². The van der Waals surface area contributed by atoms with E-state index in [-0.39, 0.29) is 5.91 Å². The van der Waals surface area contributed by atoms with Crippen LogP contribution in [0.1, 0.15) is 15.9 Å². The van der Waals surface area contributed by atoms with Crippen LogP contribution in [0.25, 0.3) is 0 Å². The van der Waals surface area contributed by atoms with Crippen molar-refractivity contribution in [3.8, 4) is 0 Å². The summed E-state index contributed by atoms with van der Waals surface area (Å²) >= 11 is 5.91. The van der Waals surface area contributed by atoms with Crippen LogP contribution in [0, 0.1) is 0 Å². The van der Waals surface area contributed by atoms with E-state index in [0.717, 1.165) is 43.3 Å². The van der Waals surface area contributed by atoms with Gasteiger partial charge in [-0.15, -0.1) is 0 Å². The standard InChI is InChI=1S/C17H18ClN3O/c18-16-3-1-14(2-4-16)13-20-9-11-21(12-10-20)17(22)15-5-7-19-8-6-15/h1-8H,9-13H2/p+1. The molecule has 114 valence electrons. The number of benzene rings is 1. The Morgan fingerprint density at radius 1 is 1.09 bits per heavy atom. The zero-order valence-electron chi connectivity index (χ0n) is 12.3. The number of amides is 1. The molecule has 2 heterocycles. The van der Waals surface area contributed by atoms with Crippen LogP contribution in [-0.2, 0) is 6.54 Å². The summed E-state index contributed by atoms with van der Waals surface area (Å²) in [6.45, 7) is 4.52. The highest BCUT2D eigenvalue weighted by molar-refractivity contribution is 6.30. The molecule has 0 aliphatic carbocycles. The molecular formula is C17H19ClN3O+. The van der Waals surface area contributed by atoms with Gasteiger partial charge in [-0.1, -0.05) is 23.7 Å². The normalized spacial score (nSPS) is 15.8. The van der Waals surface area contributed by atoms with Gasteiger partial charge in [0, 0.05) is 28.5 Å². The predicted molar refractivity (Wildman–Crippen MR) is 86.0 cm³/mol. The summed E-state index contributed by atoms with van der Waals surface area (Å²) in [6, 6.07) is 11.6. The number of carbonyl (C=O) groups excluding carboxylic acids is 1. The van der Waals surface area contributed by atoms with Crippen molar-refractivity contribution in [2.24, 2.45) is 0 Å². The lowest BCUT2D eigenvalue weighted by Crippen LogP contribution is -3.13. The first kappa shape index (κ1) is 15.0. The molecule has 1 aliphatic heterocycles. The molecular weight excluding hydrogens is 298 g/mol. The number of piperazine rings is 1. The molecule has 1 aromatic heterocycles. The van der Waals surface area contributed by atoms with Crippen molar-refractivity contribution in [3.63, 3.8) is 0 Å². The van der Waals surface area contributed by atoms with Crippen LogP contribution >= 0.6 is 11.6 Å². The van der Waals surface area contributed by atoms with Gasteiger partial charge in [-0.05, 0) is 24.3 Å². The molecule has 0 spiro atoms. The summed E-state index contributed by atoms with van der Waals surface area (Å²) < 4.78 is 0. The molecule has 1 amide bonds. The zero-order valence-corrected chi connectivity index (χ0v) is 13.1. The molecule has 0 saturated carbocycles. The lowest BCUT2D eigenvalue weighted by molar-refractivity contribution is -0.917. The highest BCUT2D eigenvalue weighted by atomic mass is 35.5. The third-order valence-corrected chi connectivity index (χ3v) is 4.30. The first-order valence-electron chi connectivity index (χ1n) is 7.50. The van der Waals surface area contributed by atoms with Gasteiger partial charge in [0.05, 0.1) is 26.2 Å². The highest BCUT2D eigenvalue weighted by Gasteiger charge is 2.24. The van der Waals surface area contributed by atoms with Gasteiger partial charge >= 0.3 is 0 Å². The maximum absolute atomic E-state index is 12.4. The lowest BCUT2D eigenvalue weighted by Gasteiger charge is -2.32. The topological polar surface area (TPSA) is 37.6 Å². The van der Waals surface area contributed by atoms with Crippen LogP contribution in [0.5, 0.6) is 0 Å². The number of nitrogens with one attached hydrogen (secondary N) is 1. The number of halogens is 1. The second-order valence-electron chi connectivity index (χ2n) is 5.58. The molecule has 0 unspecified atom stereocenters. The van der Waals surface area contributed by atoms with E-state index < -0.39 is 0 Å². The Hall–Kier alpha value is -1.91. The molecule has 0 bridgehead atoms. The molecule has 22 heavy (non-hydrogen) atoms. The summed E-state index contributed by atoms with van der Waals surface area (Å²) in [7, 11) is 0. The van der Waals surface area contributed by atoms with Crippen molar-refractivity contribution >= 4 is 17.5 Å². The fourth-order valence-corrected chi connectivity index (χ4v) is 2.90. The minimum absolute atomic E-state index is 0.105. The Balaban J connectivity index is 1.54. The van der Waals surface area contributed by atoms with Gasteiger partial charge in [0.1, 0.15) is 6.54 Å². The second-order valence-corrected chi connectivity index (χ2v) is 6.02. The van der Waals surface area contributed by atoms with Crippen molar-refractivity contribution in [2.45, 2.75) is 6.54 Å². The fraction of sp³-hybridized carbons (Fsp3) is 0.294. The van der Waals surface area contributed by atoms with Crippen LogP contribution in [0.2, 0.25) is 5.02 Å². The smallest absolute Gasteiger partial charge is 0.254 e. The number of hydrogen-bond donors (Lipinski definition) is 1. The summed E-state index contributed by atoms with van der Waals surface area (Å²) in [4.78, 5) is 19.8. The van der Waals surface area contributed by atoms with E-state index in [0.29, 0.717) is 0 Å². The monoisotopic (exact) mass is 316 g/mol. The average molecular weight is 317 g/mol. The van der Waals surface area contributed by atoms with Crippen molar-refractivity contribution in [2.75, 3.05) is 26.2 Å². The van der Waals surface area contributed by atoms with Crippen molar-refractivity contribution in [3.05, 3.63) is 64.9 Å². The van der Waals surface area contributed by atoms with Crippen LogP contribution in [0.15, 0.2) is 48.8 Å². The SMILES string of the molecule is O=C(c1ccncc1)N1CC[NH+](Cc2ccc(Cl)cc2)CC1. The first-order valence-corrected chi connectivity index (χ1v) is 7.87. The number of quaternary nitrogens is 1. The summed E-state index contributed by atoms with van der Waals surface area (Å²) in [5.41, 5.74) is 2.00. The quantitative estimate of drug-likeness (QED) is 0.926. The molecule has 0 radical (unpaired) electrons. The molecule has 1 saturated heterocycles. The van der Waals surface area contributed by atoms with Gasteiger partial charge in [-0.25, -0.2) is 0 Å². The summed E-state index contributed by atoms with van der Waals surface area (Å²) in [6.07, 6.45) is 3.32. The van der Waals surface area contributed by atoms with Crippen molar-refractivity contribution in [1.82, 2.24) is 9.88 Å².